The van der Waals surface area contributed by atoms with E-state index in [4.69, 9.17) is 16.0 Å². The second-order valence-electron chi connectivity index (χ2n) is 5.88. The van der Waals surface area contributed by atoms with Crippen LogP contribution >= 0.6 is 11.6 Å². The van der Waals surface area contributed by atoms with Gasteiger partial charge in [-0.2, -0.15) is 0 Å². The fraction of sp³-hybridized carbons (Fsp3) is 0.150. The number of benzene rings is 2. The van der Waals surface area contributed by atoms with Crippen molar-refractivity contribution in [3.63, 3.8) is 0 Å². The standard InChI is InChI=1S/C20H18ClNO3S/c1-14-5-8-18(9-6-14)26(24)13-17-7-10-19(25-17)20(23)22-12-15-3-2-4-16(21)11-15/h2-11H,12-13H2,1H3,(H,22,23)/t26-/m1/s1. The summed E-state index contributed by atoms with van der Waals surface area (Å²) < 4.78 is 17.9. The number of hydrogen-bond acceptors (Lipinski definition) is 3. The van der Waals surface area contributed by atoms with Crippen molar-refractivity contribution >= 4 is 28.3 Å². The van der Waals surface area contributed by atoms with Crippen molar-refractivity contribution in [3.05, 3.63) is 88.3 Å². The third kappa shape index (κ3) is 4.84. The van der Waals surface area contributed by atoms with Crippen LogP contribution in [0.5, 0.6) is 0 Å². The molecule has 6 heteroatoms. The minimum Gasteiger partial charge on any atom is -0.455 e. The van der Waals surface area contributed by atoms with Gasteiger partial charge < -0.3 is 9.73 Å². The molecule has 0 saturated heterocycles. The maximum Gasteiger partial charge on any atom is 0.287 e. The summed E-state index contributed by atoms with van der Waals surface area (Å²) in [6, 6.07) is 18.1. The molecule has 0 spiro atoms. The fourth-order valence-corrected chi connectivity index (χ4v) is 3.63. The van der Waals surface area contributed by atoms with Gasteiger partial charge in [0.15, 0.2) is 5.76 Å². The first-order valence-electron chi connectivity index (χ1n) is 8.07. The van der Waals surface area contributed by atoms with Crippen molar-refractivity contribution < 1.29 is 13.4 Å². The highest BCUT2D eigenvalue weighted by Crippen LogP contribution is 2.16. The van der Waals surface area contributed by atoms with Crippen molar-refractivity contribution in [2.24, 2.45) is 0 Å². The van der Waals surface area contributed by atoms with Crippen molar-refractivity contribution in [3.8, 4) is 0 Å². The second kappa shape index (κ2) is 8.34. The Kier molecular flexibility index (Phi) is 5.91. The van der Waals surface area contributed by atoms with E-state index in [0.717, 1.165) is 16.0 Å². The van der Waals surface area contributed by atoms with Gasteiger partial charge in [0.05, 0.1) is 16.6 Å². The van der Waals surface area contributed by atoms with E-state index < -0.39 is 10.8 Å². The average molecular weight is 388 g/mol. The van der Waals surface area contributed by atoms with Gasteiger partial charge in [0.25, 0.3) is 5.91 Å². The van der Waals surface area contributed by atoms with Crippen LogP contribution in [-0.2, 0) is 23.1 Å². The van der Waals surface area contributed by atoms with Crippen molar-refractivity contribution in [1.29, 1.82) is 0 Å². The molecular formula is C20H18ClNO3S. The summed E-state index contributed by atoms with van der Waals surface area (Å²) in [5.41, 5.74) is 2.01. The van der Waals surface area contributed by atoms with Crippen LogP contribution in [0.25, 0.3) is 0 Å². The molecule has 0 radical (unpaired) electrons. The van der Waals surface area contributed by atoms with Crippen LogP contribution < -0.4 is 5.32 Å². The van der Waals surface area contributed by atoms with Crippen molar-refractivity contribution in [2.45, 2.75) is 24.1 Å². The number of furan rings is 1. The molecule has 0 bridgehead atoms. The molecule has 3 rings (SSSR count). The molecular weight excluding hydrogens is 370 g/mol. The van der Waals surface area contributed by atoms with Gasteiger partial charge in [0.1, 0.15) is 5.76 Å². The predicted octanol–water partition coefficient (Wildman–Crippen LogP) is 4.48. The molecule has 0 unspecified atom stereocenters. The number of aryl methyl sites for hydroxylation is 1. The molecule has 1 heterocycles. The lowest BCUT2D eigenvalue weighted by atomic mass is 10.2. The quantitative estimate of drug-likeness (QED) is 0.678. The minimum absolute atomic E-state index is 0.197. The van der Waals surface area contributed by atoms with E-state index >= 15 is 0 Å². The maximum atomic E-state index is 12.4. The van der Waals surface area contributed by atoms with E-state index in [9.17, 15) is 9.00 Å². The van der Waals surface area contributed by atoms with E-state index in [0.29, 0.717) is 17.3 Å². The number of hydrogen-bond donors (Lipinski definition) is 1. The normalized spacial score (nSPS) is 11.9. The maximum absolute atomic E-state index is 12.4. The predicted molar refractivity (Wildman–Crippen MR) is 103 cm³/mol. The molecule has 2 aromatic carbocycles. The lowest BCUT2D eigenvalue weighted by Crippen LogP contribution is -2.22. The molecule has 3 aromatic rings. The van der Waals surface area contributed by atoms with Crippen LogP contribution in [-0.4, -0.2) is 10.1 Å². The summed E-state index contributed by atoms with van der Waals surface area (Å²) in [5.74, 6) is 0.613. The molecule has 1 amide bonds. The van der Waals surface area contributed by atoms with Crippen LogP contribution in [0, 0.1) is 6.92 Å². The molecule has 134 valence electrons. The zero-order valence-corrected chi connectivity index (χ0v) is 15.8. The molecule has 26 heavy (non-hydrogen) atoms. The first-order valence-corrected chi connectivity index (χ1v) is 9.77. The molecule has 0 fully saturated rings. The highest BCUT2D eigenvalue weighted by atomic mass is 35.5. The Bertz CT molecular complexity index is 934. The summed E-state index contributed by atoms with van der Waals surface area (Å²) in [6.45, 7) is 2.33. The smallest absolute Gasteiger partial charge is 0.287 e. The van der Waals surface area contributed by atoms with Crippen LogP contribution in [0.15, 0.2) is 70.0 Å². The van der Waals surface area contributed by atoms with Gasteiger partial charge in [-0.1, -0.05) is 41.4 Å². The number of carbonyl (C=O) groups excluding carboxylic acids is 1. The van der Waals surface area contributed by atoms with Gasteiger partial charge in [-0.3, -0.25) is 9.00 Å². The van der Waals surface area contributed by atoms with Gasteiger partial charge in [-0.05, 0) is 48.9 Å². The van der Waals surface area contributed by atoms with Gasteiger partial charge >= 0.3 is 0 Å². The van der Waals surface area contributed by atoms with E-state index in [1.807, 2.05) is 43.3 Å². The number of nitrogens with one attached hydrogen (secondary N) is 1. The molecule has 0 aliphatic carbocycles. The van der Waals surface area contributed by atoms with E-state index in [1.165, 1.54) is 0 Å². The largest absolute Gasteiger partial charge is 0.455 e. The summed E-state index contributed by atoms with van der Waals surface area (Å²) in [4.78, 5) is 12.9. The third-order valence-corrected chi connectivity index (χ3v) is 5.36. The monoisotopic (exact) mass is 387 g/mol. The molecule has 0 saturated carbocycles. The van der Waals surface area contributed by atoms with Gasteiger partial charge in [-0.15, -0.1) is 0 Å². The Hall–Kier alpha value is -2.37. The van der Waals surface area contributed by atoms with Crippen LogP contribution in [0.1, 0.15) is 27.4 Å². The Balaban J connectivity index is 1.59. The van der Waals surface area contributed by atoms with Crippen LogP contribution in [0.2, 0.25) is 5.02 Å². The van der Waals surface area contributed by atoms with Crippen molar-refractivity contribution in [1.82, 2.24) is 5.32 Å². The Morgan fingerprint density at radius 1 is 1.12 bits per heavy atom. The SMILES string of the molecule is Cc1ccc([S@](=O)Cc2ccc(C(=O)NCc3cccc(Cl)c3)o2)cc1. The highest BCUT2D eigenvalue weighted by Gasteiger charge is 2.13. The van der Waals surface area contributed by atoms with Gasteiger partial charge in [0, 0.05) is 16.5 Å². The lowest BCUT2D eigenvalue weighted by molar-refractivity contribution is 0.0921. The first-order chi connectivity index (χ1) is 12.5. The van der Waals surface area contributed by atoms with E-state index in [1.54, 1.807) is 24.3 Å². The molecule has 0 aliphatic rings. The lowest BCUT2D eigenvalue weighted by Gasteiger charge is -2.04. The van der Waals surface area contributed by atoms with E-state index in [-0.39, 0.29) is 17.4 Å². The first kappa shape index (κ1) is 18.4. The zero-order valence-electron chi connectivity index (χ0n) is 14.2. The summed E-state index contributed by atoms with van der Waals surface area (Å²) >= 11 is 5.93. The summed E-state index contributed by atoms with van der Waals surface area (Å²) in [7, 11) is -1.22. The topological polar surface area (TPSA) is 59.3 Å². The summed E-state index contributed by atoms with van der Waals surface area (Å²) in [6.07, 6.45) is 0. The van der Waals surface area contributed by atoms with Crippen LogP contribution in [0.3, 0.4) is 0 Å². The van der Waals surface area contributed by atoms with Crippen LogP contribution in [0.4, 0.5) is 0 Å². The highest BCUT2D eigenvalue weighted by molar-refractivity contribution is 7.84. The second-order valence-corrected chi connectivity index (χ2v) is 7.77. The number of amides is 1. The third-order valence-electron chi connectivity index (χ3n) is 3.78. The molecule has 1 atom stereocenters. The zero-order chi connectivity index (χ0) is 18.5. The summed E-state index contributed by atoms with van der Waals surface area (Å²) in [5, 5.41) is 3.40. The van der Waals surface area contributed by atoms with Gasteiger partial charge in [-0.25, -0.2) is 0 Å². The van der Waals surface area contributed by atoms with Crippen molar-refractivity contribution in [2.75, 3.05) is 0 Å². The molecule has 1 N–H and O–H groups in total. The molecule has 0 aliphatic heterocycles. The Morgan fingerprint density at radius 3 is 2.62 bits per heavy atom. The number of rotatable bonds is 6. The average Bonchev–Trinajstić information content (AvgIpc) is 3.09. The molecule has 4 nitrogen and oxygen atoms in total. The fourth-order valence-electron chi connectivity index (χ4n) is 2.40. The Labute approximate surface area is 159 Å². The molecule has 1 aromatic heterocycles. The number of halogens is 1. The van der Waals surface area contributed by atoms with E-state index in [2.05, 4.69) is 5.32 Å². The number of carbonyl (C=O) groups is 1. The van der Waals surface area contributed by atoms with Gasteiger partial charge in [0.2, 0.25) is 0 Å². The Morgan fingerprint density at radius 2 is 1.88 bits per heavy atom. The minimum atomic E-state index is -1.22.